The maximum atomic E-state index is 12.2. The largest absolute Gasteiger partial charge is 0.368 e. The summed E-state index contributed by atoms with van der Waals surface area (Å²) >= 11 is 0. The van der Waals surface area contributed by atoms with Crippen molar-refractivity contribution in [2.24, 2.45) is 10.9 Å². The number of amides is 1. The average Bonchev–Trinajstić information content (AvgIpc) is 3.29. The van der Waals surface area contributed by atoms with Gasteiger partial charge in [-0.25, -0.2) is 0 Å². The Labute approximate surface area is 174 Å². The summed E-state index contributed by atoms with van der Waals surface area (Å²) in [5, 5.41) is 9.74. The summed E-state index contributed by atoms with van der Waals surface area (Å²) in [5.74, 6) is 1.69. The molecule has 3 rings (SSSR count). The molecule has 3 N–H and O–H groups in total. The van der Waals surface area contributed by atoms with Crippen molar-refractivity contribution in [1.29, 1.82) is 0 Å². The van der Waals surface area contributed by atoms with Crippen LogP contribution in [0.15, 0.2) is 29.3 Å². The minimum absolute atomic E-state index is 0.0527. The van der Waals surface area contributed by atoms with Crippen molar-refractivity contribution in [3.8, 4) is 0 Å². The molecule has 0 spiro atoms. The maximum Gasteiger partial charge on any atom is 0.253 e. The van der Waals surface area contributed by atoms with Gasteiger partial charge in [-0.05, 0) is 49.3 Å². The molecule has 1 aromatic carbocycles. The molecule has 1 saturated heterocycles. The third-order valence-electron chi connectivity index (χ3n) is 5.91. The molecule has 2 aliphatic rings. The molecule has 1 aliphatic heterocycles. The summed E-state index contributed by atoms with van der Waals surface area (Å²) in [7, 11) is 1.80. The molecule has 1 amide bonds. The van der Waals surface area contributed by atoms with Gasteiger partial charge in [0.2, 0.25) is 0 Å². The molecular weight excluding hydrogens is 364 g/mol. The van der Waals surface area contributed by atoms with E-state index in [0.29, 0.717) is 13.2 Å². The highest BCUT2D eigenvalue weighted by atomic mass is 16.5. The summed E-state index contributed by atoms with van der Waals surface area (Å²) in [6.07, 6.45) is 11.0. The van der Waals surface area contributed by atoms with Crippen LogP contribution in [0.1, 0.15) is 63.4 Å². The van der Waals surface area contributed by atoms with Crippen LogP contribution < -0.4 is 16.0 Å². The van der Waals surface area contributed by atoms with Crippen molar-refractivity contribution in [3.63, 3.8) is 0 Å². The minimum Gasteiger partial charge on any atom is -0.368 e. The SMILES string of the molecule is CN=C(NCCCC1CCCCC1)NCc1cccc(NC(=O)C2CCCO2)c1. The first-order chi connectivity index (χ1) is 14.2. The number of hydrogen-bond acceptors (Lipinski definition) is 3. The second-order valence-corrected chi connectivity index (χ2v) is 8.19. The fourth-order valence-electron chi connectivity index (χ4n) is 4.25. The van der Waals surface area contributed by atoms with E-state index < -0.39 is 0 Å². The number of benzene rings is 1. The fraction of sp³-hybridized carbons (Fsp3) is 0.652. The maximum absolute atomic E-state index is 12.2. The zero-order valence-electron chi connectivity index (χ0n) is 17.7. The van der Waals surface area contributed by atoms with Gasteiger partial charge in [-0.1, -0.05) is 44.2 Å². The molecule has 1 atom stereocenters. The zero-order valence-corrected chi connectivity index (χ0v) is 17.7. The lowest BCUT2D eigenvalue weighted by molar-refractivity contribution is -0.124. The third kappa shape index (κ3) is 7.35. The number of nitrogens with zero attached hydrogens (tertiary/aromatic N) is 1. The van der Waals surface area contributed by atoms with E-state index in [0.717, 1.165) is 42.5 Å². The standard InChI is InChI=1S/C23H36N4O2/c1-24-23(25-14-6-11-18-8-3-2-4-9-18)26-17-19-10-5-12-20(16-19)27-22(28)21-13-7-15-29-21/h5,10,12,16,18,21H,2-4,6-9,11,13-15,17H2,1H3,(H,27,28)(H2,24,25,26). The van der Waals surface area contributed by atoms with E-state index in [9.17, 15) is 4.79 Å². The lowest BCUT2D eigenvalue weighted by atomic mass is 9.86. The predicted octanol–water partition coefficient (Wildman–Crippen LogP) is 3.83. The van der Waals surface area contributed by atoms with Gasteiger partial charge in [0.05, 0.1) is 0 Å². The first-order valence-electron chi connectivity index (χ1n) is 11.2. The van der Waals surface area contributed by atoms with Crippen LogP contribution in [0.3, 0.4) is 0 Å². The predicted molar refractivity (Wildman–Crippen MR) is 118 cm³/mol. The molecular formula is C23H36N4O2. The van der Waals surface area contributed by atoms with Crippen LogP contribution in [0.25, 0.3) is 0 Å². The first-order valence-corrected chi connectivity index (χ1v) is 11.2. The number of aliphatic imine (C=N–C) groups is 1. The highest BCUT2D eigenvalue weighted by Crippen LogP contribution is 2.26. The molecule has 2 fully saturated rings. The molecule has 0 bridgehead atoms. The highest BCUT2D eigenvalue weighted by Gasteiger charge is 2.23. The van der Waals surface area contributed by atoms with Crippen molar-refractivity contribution in [2.75, 3.05) is 25.5 Å². The van der Waals surface area contributed by atoms with Gasteiger partial charge in [0.25, 0.3) is 5.91 Å². The number of carbonyl (C=O) groups is 1. The van der Waals surface area contributed by atoms with E-state index in [-0.39, 0.29) is 12.0 Å². The molecule has 0 radical (unpaired) electrons. The first kappa shape index (κ1) is 21.6. The van der Waals surface area contributed by atoms with Crippen LogP contribution in [0, 0.1) is 5.92 Å². The smallest absolute Gasteiger partial charge is 0.253 e. The van der Waals surface area contributed by atoms with Crippen LogP contribution >= 0.6 is 0 Å². The van der Waals surface area contributed by atoms with E-state index in [2.05, 4.69) is 20.9 Å². The Morgan fingerprint density at radius 2 is 2.00 bits per heavy atom. The fourth-order valence-corrected chi connectivity index (χ4v) is 4.25. The number of carbonyl (C=O) groups excluding carboxylic acids is 1. The van der Waals surface area contributed by atoms with Crippen LogP contribution in [0.4, 0.5) is 5.69 Å². The molecule has 1 aliphatic carbocycles. The second kappa shape index (κ2) is 11.8. The van der Waals surface area contributed by atoms with E-state index in [1.807, 2.05) is 24.3 Å². The monoisotopic (exact) mass is 400 g/mol. The summed E-state index contributed by atoms with van der Waals surface area (Å²) in [6.45, 7) is 2.29. The molecule has 29 heavy (non-hydrogen) atoms. The summed E-state index contributed by atoms with van der Waals surface area (Å²) in [4.78, 5) is 16.5. The van der Waals surface area contributed by atoms with Crippen LogP contribution in [-0.4, -0.2) is 38.2 Å². The lowest BCUT2D eigenvalue weighted by Crippen LogP contribution is -2.37. The highest BCUT2D eigenvalue weighted by molar-refractivity contribution is 5.94. The number of hydrogen-bond donors (Lipinski definition) is 3. The average molecular weight is 401 g/mol. The van der Waals surface area contributed by atoms with Crippen molar-refractivity contribution in [2.45, 2.75) is 70.4 Å². The number of nitrogens with one attached hydrogen (secondary N) is 3. The van der Waals surface area contributed by atoms with Crippen LogP contribution in [0.5, 0.6) is 0 Å². The van der Waals surface area contributed by atoms with Crippen molar-refractivity contribution >= 4 is 17.6 Å². The number of guanidine groups is 1. The molecule has 6 nitrogen and oxygen atoms in total. The molecule has 160 valence electrons. The van der Waals surface area contributed by atoms with Gasteiger partial charge in [0.15, 0.2) is 5.96 Å². The van der Waals surface area contributed by atoms with Gasteiger partial charge >= 0.3 is 0 Å². The minimum atomic E-state index is -0.312. The van der Waals surface area contributed by atoms with Crippen molar-refractivity contribution < 1.29 is 9.53 Å². The normalized spacial score (nSPS) is 20.4. The number of ether oxygens (including phenoxy) is 1. The van der Waals surface area contributed by atoms with E-state index in [1.54, 1.807) is 7.05 Å². The second-order valence-electron chi connectivity index (χ2n) is 8.19. The van der Waals surface area contributed by atoms with Crippen LogP contribution in [-0.2, 0) is 16.1 Å². The zero-order chi connectivity index (χ0) is 20.3. The van der Waals surface area contributed by atoms with E-state index in [4.69, 9.17) is 4.74 Å². The van der Waals surface area contributed by atoms with Gasteiger partial charge in [-0.3, -0.25) is 9.79 Å². The molecule has 1 unspecified atom stereocenters. The van der Waals surface area contributed by atoms with Gasteiger partial charge in [-0.15, -0.1) is 0 Å². The van der Waals surface area contributed by atoms with Gasteiger partial charge in [0.1, 0.15) is 6.10 Å². The Bertz CT molecular complexity index is 665. The Morgan fingerprint density at radius 1 is 1.14 bits per heavy atom. The van der Waals surface area contributed by atoms with Crippen molar-refractivity contribution in [3.05, 3.63) is 29.8 Å². The Balaban J connectivity index is 1.37. The number of anilines is 1. The topological polar surface area (TPSA) is 74.8 Å². The van der Waals surface area contributed by atoms with E-state index in [1.165, 1.54) is 44.9 Å². The molecule has 1 saturated carbocycles. The molecule has 1 aromatic rings. The van der Waals surface area contributed by atoms with E-state index >= 15 is 0 Å². The summed E-state index contributed by atoms with van der Waals surface area (Å²) < 4.78 is 5.45. The Hall–Kier alpha value is -2.08. The molecule has 0 aromatic heterocycles. The summed E-state index contributed by atoms with van der Waals surface area (Å²) in [6, 6.07) is 7.92. The Morgan fingerprint density at radius 3 is 2.76 bits per heavy atom. The van der Waals surface area contributed by atoms with Crippen molar-refractivity contribution in [1.82, 2.24) is 10.6 Å². The summed E-state index contributed by atoms with van der Waals surface area (Å²) in [5.41, 5.74) is 1.90. The third-order valence-corrected chi connectivity index (χ3v) is 5.91. The van der Waals surface area contributed by atoms with Gasteiger partial charge in [-0.2, -0.15) is 0 Å². The Kier molecular flexibility index (Phi) is 8.81. The van der Waals surface area contributed by atoms with Gasteiger partial charge in [0, 0.05) is 32.4 Å². The quantitative estimate of drug-likeness (QED) is 0.352. The number of rotatable bonds is 8. The lowest BCUT2D eigenvalue weighted by Gasteiger charge is -2.21. The molecule has 1 heterocycles. The molecule has 6 heteroatoms. The van der Waals surface area contributed by atoms with Gasteiger partial charge < -0.3 is 20.7 Å². The van der Waals surface area contributed by atoms with Crippen LogP contribution in [0.2, 0.25) is 0 Å².